The van der Waals surface area contributed by atoms with E-state index in [1.807, 2.05) is 67.6 Å². The van der Waals surface area contributed by atoms with Crippen molar-refractivity contribution in [2.24, 2.45) is 0 Å². The summed E-state index contributed by atoms with van der Waals surface area (Å²) in [4.78, 5) is 13.9. The number of ether oxygens (including phenoxy) is 2. The van der Waals surface area contributed by atoms with E-state index >= 15 is 0 Å². The molecule has 1 unspecified atom stereocenters. The Balaban J connectivity index is 1.83. The van der Waals surface area contributed by atoms with Gasteiger partial charge in [0.25, 0.3) is 0 Å². The molecular weight excluding hydrogens is 362 g/mol. The Morgan fingerprint density at radius 3 is 1.79 bits per heavy atom. The summed E-state index contributed by atoms with van der Waals surface area (Å²) in [5, 5.41) is 0. The molecule has 0 aliphatic rings. The first-order valence-corrected chi connectivity index (χ1v) is 9.62. The normalized spacial score (nSPS) is 11.4. The van der Waals surface area contributed by atoms with Crippen LogP contribution in [-0.2, 0) is 9.53 Å². The highest BCUT2D eigenvalue weighted by atomic mass is 16.7. The van der Waals surface area contributed by atoms with Crippen LogP contribution < -0.4 is 9.64 Å². The summed E-state index contributed by atoms with van der Waals surface area (Å²) in [6, 6.07) is 28.1. The zero-order valence-corrected chi connectivity index (χ0v) is 16.7. The van der Waals surface area contributed by atoms with E-state index in [9.17, 15) is 4.79 Å². The number of carbonyl (C=O) groups is 1. The fourth-order valence-electron chi connectivity index (χ4n) is 2.84. The molecule has 0 saturated heterocycles. The van der Waals surface area contributed by atoms with E-state index in [-0.39, 0.29) is 0 Å². The summed E-state index contributed by atoms with van der Waals surface area (Å²) in [7, 11) is 0. The molecule has 29 heavy (non-hydrogen) atoms. The average Bonchev–Trinajstić information content (AvgIpc) is 2.76. The lowest BCUT2D eigenvalue weighted by atomic mass is 10.2. The number of benzene rings is 3. The first kappa shape index (κ1) is 20.2. The number of hydrogen-bond acceptors (Lipinski definition) is 4. The predicted octanol–water partition coefficient (Wildman–Crippen LogP) is 6.39. The smallest absolute Gasteiger partial charge is 0.336 e. The number of para-hydroxylation sites is 2. The van der Waals surface area contributed by atoms with E-state index in [0.717, 1.165) is 17.1 Å². The number of carbonyl (C=O) groups excluding carboxylic acids is 1. The summed E-state index contributed by atoms with van der Waals surface area (Å²) in [6.45, 7) is 7.12. The number of anilines is 3. The molecule has 0 aliphatic heterocycles. The van der Waals surface area contributed by atoms with Crippen molar-refractivity contribution in [2.75, 3.05) is 4.90 Å². The molecule has 0 radical (unpaired) electrons. The molecule has 3 aromatic carbocycles. The summed E-state index contributed by atoms with van der Waals surface area (Å²) >= 11 is 0. The Bertz CT molecular complexity index is 897. The van der Waals surface area contributed by atoms with Crippen LogP contribution in [-0.4, -0.2) is 12.3 Å². The minimum absolute atomic E-state index is 0.351. The van der Waals surface area contributed by atoms with Gasteiger partial charge in [-0.25, -0.2) is 4.79 Å². The van der Waals surface area contributed by atoms with E-state index in [0.29, 0.717) is 17.7 Å². The van der Waals surface area contributed by atoms with Gasteiger partial charge in [0.15, 0.2) is 0 Å². The highest BCUT2D eigenvalue weighted by molar-refractivity contribution is 5.87. The van der Waals surface area contributed by atoms with Gasteiger partial charge in [-0.2, -0.15) is 0 Å². The van der Waals surface area contributed by atoms with Crippen LogP contribution in [0, 0.1) is 0 Å². The fourth-order valence-corrected chi connectivity index (χ4v) is 2.84. The third-order valence-electron chi connectivity index (χ3n) is 4.31. The van der Waals surface area contributed by atoms with Crippen LogP contribution in [0.1, 0.15) is 20.3 Å². The van der Waals surface area contributed by atoms with Crippen LogP contribution in [0.25, 0.3) is 0 Å². The Kier molecular flexibility index (Phi) is 6.69. The van der Waals surface area contributed by atoms with Gasteiger partial charge in [0, 0.05) is 29.1 Å². The molecule has 0 spiro atoms. The van der Waals surface area contributed by atoms with Gasteiger partial charge in [0.2, 0.25) is 6.29 Å². The zero-order valence-electron chi connectivity index (χ0n) is 16.7. The van der Waals surface area contributed by atoms with Crippen molar-refractivity contribution in [1.29, 1.82) is 0 Å². The molecule has 4 nitrogen and oxygen atoms in total. The number of rotatable bonds is 8. The van der Waals surface area contributed by atoms with Gasteiger partial charge < -0.3 is 14.4 Å². The first-order chi connectivity index (χ1) is 14.1. The molecule has 0 aromatic heterocycles. The second-order valence-corrected chi connectivity index (χ2v) is 6.64. The third-order valence-corrected chi connectivity index (χ3v) is 4.31. The molecule has 1 atom stereocenters. The quantitative estimate of drug-likeness (QED) is 0.255. The third kappa shape index (κ3) is 5.26. The molecule has 0 saturated carbocycles. The minimum Gasteiger partial charge on any atom is -0.455 e. The molecule has 0 aliphatic carbocycles. The molecule has 148 valence electrons. The van der Waals surface area contributed by atoms with Crippen LogP contribution in [0.2, 0.25) is 0 Å². The summed E-state index contributed by atoms with van der Waals surface area (Å²) in [5.74, 6) is 0.184. The van der Waals surface area contributed by atoms with Crippen molar-refractivity contribution < 1.29 is 14.3 Å². The molecule has 3 aromatic rings. The molecule has 0 amide bonds. The lowest BCUT2D eigenvalue weighted by molar-refractivity contribution is -0.159. The van der Waals surface area contributed by atoms with E-state index in [2.05, 4.69) is 35.7 Å². The van der Waals surface area contributed by atoms with Crippen molar-refractivity contribution in [3.05, 3.63) is 97.1 Å². The largest absolute Gasteiger partial charge is 0.455 e. The minimum atomic E-state index is -0.649. The second-order valence-electron chi connectivity index (χ2n) is 6.64. The Labute approximate surface area is 172 Å². The first-order valence-electron chi connectivity index (χ1n) is 9.62. The maximum atomic E-state index is 11.8. The Morgan fingerprint density at radius 2 is 1.34 bits per heavy atom. The van der Waals surface area contributed by atoms with Gasteiger partial charge in [0.1, 0.15) is 5.75 Å². The highest BCUT2D eigenvalue weighted by Crippen LogP contribution is 2.34. The lowest BCUT2D eigenvalue weighted by Crippen LogP contribution is -2.23. The van der Waals surface area contributed by atoms with Crippen LogP contribution in [0.4, 0.5) is 17.1 Å². The molecule has 4 heteroatoms. The standard InChI is InChI=1S/C25H25NO3/c1-4-24(29-25(27)19(2)3)28-23-17-15-22(16-18-23)26(20-11-7-5-8-12-20)21-13-9-6-10-14-21/h5-18,24H,2,4H2,1,3H3. The number of esters is 1. The van der Waals surface area contributed by atoms with E-state index in [1.165, 1.54) is 0 Å². The molecule has 0 heterocycles. The summed E-state index contributed by atoms with van der Waals surface area (Å²) in [5.41, 5.74) is 3.48. The van der Waals surface area contributed by atoms with Crippen LogP contribution in [0.3, 0.4) is 0 Å². The molecular formula is C25H25NO3. The lowest BCUT2D eigenvalue weighted by Gasteiger charge is -2.25. The fraction of sp³-hybridized carbons (Fsp3) is 0.160. The van der Waals surface area contributed by atoms with Crippen molar-refractivity contribution >= 4 is 23.0 Å². The molecule has 3 rings (SSSR count). The van der Waals surface area contributed by atoms with E-state index < -0.39 is 12.3 Å². The van der Waals surface area contributed by atoms with Crippen molar-refractivity contribution in [2.45, 2.75) is 26.6 Å². The van der Waals surface area contributed by atoms with Crippen LogP contribution in [0.15, 0.2) is 97.1 Å². The summed E-state index contributed by atoms with van der Waals surface area (Å²) < 4.78 is 11.1. The van der Waals surface area contributed by atoms with E-state index in [1.54, 1.807) is 6.92 Å². The van der Waals surface area contributed by atoms with Crippen LogP contribution >= 0.6 is 0 Å². The van der Waals surface area contributed by atoms with Gasteiger partial charge >= 0.3 is 5.97 Å². The average molecular weight is 387 g/mol. The maximum absolute atomic E-state index is 11.8. The van der Waals surface area contributed by atoms with Gasteiger partial charge in [-0.05, 0) is 55.5 Å². The highest BCUT2D eigenvalue weighted by Gasteiger charge is 2.16. The Hall–Kier alpha value is -3.53. The van der Waals surface area contributed by atoms with Gasteiger partial charge in [0.05, 0.1) is 0 Å². The maximum Gasteiger partial charge on any atom is 0.336 e. The predicted molar refractivity (Wildman–Crippen MR) is 117 cm³/mol. The van der Waals surface area contributed by atoms with Crippen LogP contribution in [0.5, 0.6) is 5.75 Å². The van der Waals surface area contributed by atoms with Crippen molar-refractivity contribution in [3.63, 3.8) is 0 Å². The second kappa shape index (κ2) is 9.60. The van der Waals surface area contributed by atoms with E-state index in [4.69, 9.17) is 9.47 Å². The molecule has 0 fully saturated rings. The topological polar surface area (TPSA) is 38.8 Å². The zero-order chi connectivity index (χ0) is 20.6. The SMILES string of the molecule is C=C(C)C(=O)OC(CC)Oc1ccc(N(c2ccccc2)c2ccccc2)cc1. The van der Waals surface area contributed by atoms with Crippen molar-refractivity contribution in [1.82, 2.24) is 0 Å². The Morgan fingerprint density at radius 1 is 0.862 bits per heavy atom. The summed E-state index contributed by atoms with van der Waals surface area (Å²) in [6.07, 6.45) is -0.106. The monoisotopic (exact) mass is 387 g/mol. The van der Waals surface area contributed by atoms with Gasteiger partial charge in [-0.1, -0.05) is 49.9 Å². The number of hydrogen-bond donors (Lipinski definition) is 0. The van der Waals surface area contributed by atoms with Gasteiger partial charge in [-0.15, -0.1) is 0 Å². The molecule has 0 N–H and O–H groups in total. The molecule has 0 bridgehead atoms. The van der Waals surface area contributed by atoms with Gasteiger partial charge in [-0.3, -0.25) is 0 Å². The number of nitrogens with zero attached hydrogens (tertiary/aromatic N) is 1. The van der Waals surface area contributed by atoms with Crippen molar-refractivity contribution in [3.8, 4) is 5.75 Å².